The Labute approximate surface area is 141 Å². The fraction of sp³-hybridized carbons (Fsp3) is 0.333. The smallest absolute Gasteiger partial charge is 0.181 e. The van der Waals surface area contributed by atoms with E-state index in [1.165, 1.54) is 11.6 Å². The molecule has 1 aromatic heterocycles. The van der Waals surface area contributed by atoms with E-state index in [1.54, 1.807) is 6.07 Å². The van der Waals surface area contributed by atoms with E-state index in [9.17, 15) is 4.79 Å². The number of benzene rings is 1. The standard InChI is InChI=1S/C18H19Cl2NO/c1-13(6-5-9-14-7-3-2-4-8-14)10-17(22)16-11-15(19)12-18(20)21-16/h2-4,7-8,11-13H,5-6,9-10H2,1H3. The van der Waals surface area contributed by atoms with Crippen LogP contribution in [-0.4, -0.2) is 10.8 Å². The van der Waals surface area contributed by atoms with Crippen LogP contribution in [0.4, 0.5) is 0 Å². The first-order valence-corrected chi connectivity index (χ1v) is 8.20. The lowest BCUT2D eigenvalue weighted by molar-refractivity contribution is 0.0957. The number of carbonyl (C=O) groups excluding carboxylic acids is 1. The lowest BCUT2D eigenvalue weighted by atomic mass is 9.95. The molecule has 0 bridgehead atoms. The molecule has 0 saturated carbocycles. The molecule has 0 aliphatic rings. The first kappa shape index (κ1) is 17.0. The molecule has 4 heteroatoms. The highest BCUT2D eigenvalue weighted by Crippen LogP contribution is 2.20. The summed E-state index contributed by atoms with van der Waals surface area (Å²) in [5.74, 6) is 0.312. The van der Waals surface area contributed by atoms with E-state index in [4.69, 9.17) is 23.2 Å². The van der Waals surface area contributed by atoms with E-state index < -0.39 is 0 Å². The second-order valence-corrected chi connectivity index (χ2v) is 6.43. The lowest BCUT2D eigenvalue weighted by Gasteiger charge is -2.10. The van der Waals surface area contributed by atoms with Crippen molar-refractivity contribution >= 4 is 29.0 Å². The Hall–Kier alpha value is -1.38. The fourth-order valence-electron chi connectivity index (χ4n) is 2.43. The van der Waals surface area contributed by atoms with Gasteiger partial charge >= 0.3 is 0 Å². The van der Waals surface area contributed by atoms with Crippen molar-refractivity contribution in [2.24, 2.45) is 5.92 Å². The number of halogens is 2. The van der Waals surface area contributed by atoms with Crippen LogP contribution in [0.15, 0.2) is 42.5 Å². The first-order valence-electron chi connectivity index (χ1n) is 7.45. The van der Waals surface area contributed by atoms with Gasteiger partial charge in [-0.2, -0.15) is 0 Å². The zero-order valence-electron chi connectivity index (χ0n) is 12.6. The predicted molar refractivity (Wildman–Crippen MR) is 91.7 cm³/mol. The molecule has 2 nitrogen and oxygen atoms in total. The normalized spacial score (nSPS) is 12.1. The zero-order chi connectivity index (χ0) is 15.9. The molecule has 116 valence electrons. The number of aromatic nitrogens is 1. The van der Waals surface area contributed by atoms with Gasteiger partial charge in [-0.05, 0) is 42.9 Å². The van der Waals surface area contributed by atoms with Gasteiger partial charge in [-0.3, -0.25) is 4.79 Å². The van der Waals surface area contributed by atoms with Crippen molar-refractivity contribution in [2.75, 3.05) is 0 Å². The minimum atomic E-state index is -0.00314. The van der Waals surface area contributed by atoms with E-state index >= 15 is 0 Å². The number of hydrogen-bond donors (Lipinski definition) is 0. The van der Waals surface area contributed by atoms with Gasteiger partial charge in [-0.1, -0.05) is 60.5 Å². The third-order valence-corrected chi connectivity index (χ3v) is 4.00. The quantitative estimate of drug-likeness (QED) is 0.485. The molecule has 0 N–H and O–H groups in total. The highest BCUT2D eigenvalue weighted by molar-refractivity contribution is 6.34. The Bertz CT molecular complexity index is 608. The van der Waals surface area contributed by atoms with Crippen molar-refractivity contribution in [1.29, 1.82) is 0 Å². The van der Waals surface area contributed by atoms with Crippen molar-refractivity contribution in [1.82, 2.24) is 4.98 Å². The zero-order valence-corrected chi connectivity index (χ0v) is 14.1. The number of carbonyl (C=O) groups is 1. The second kappa shape index (κ2) is 8.30. The average Bonchev–Trinajstić information content (AvgIpc) is 2.47. The van der Waals surface area contributed by atoms with Gasteiger partial charge in [0.2, 0.25) is 0 Å². The van der Waals surface area contributed by atoms with Crippen LogP contribution in [0.3, 0.4) is 0 Å². The molecule has 22 heavy (non-hydrogen) atoms. The summed E-state index contributed by atoms with van der Waals surface area (Å²) >= 11 is 11.7. The summed E-state index contributed by atoms with van der Waals surface area (Å²) in [5, 5.41) is 0.702. The third-order valence-electron chi connectivity index (χ3n) is 3.58. The van der Waals surface area contributed by atoms with Gasteiger partial charge in [-0.25, -0.2) is 4.98 Å². The molecule has 1 heterocycles. The van der Waals surface area contributed by atoms with Crippen LogP contribution in [0.1, 0.15) is 42.2 Å². The summed E-state index contributed by atoms with van der Waals surface area (Å²) in [6.07, 6.45) is 3.59. The summed E-state index contributed by atoms with van der Waals surface area (Å²) in [7, 11) is 0. The van der Waals surface area contributed by atoms with E-state index in [-0.39, 0.29) is 10.9 Å². The maximum atomic E-state index is 12.2. The summed E-state index contributed by atoms with van der Waals surface area (Å²) in [6.45, 7) is 2.09. The molecule has 0 fully saturated rings. The van der Waals surface area contributed by atoms with Crippen LogP contribution in [0.25, 0.3) is 0 Å². The Kier molecular flexibility index (Phi) is 6.41. The van der Waals surface area contributed by atoms with Crippen molar-refractivity contribution in [3.8, 4) is 0 Å². The Morgan fingerprint density at radius 1 is 1.18 bits per heavy atom. The highest BCUT2D eigenvalue weighted by atomic mass is 35.5. The monoisotopic (exact) mass is 335 g/mol. The number of nitrogens with zero attached hydrogens (tertiary/aromatic N) is 1. The van der Waals surface area contributed by atoms with Gasteiger partial charge in [0.15, 0.2) is 5.78 Å². The summed E-state index contributed by atoms with van der Waals surface area (Å²) in [6, 6.07) is 13.5. The topological polar surface area (TPSA) is 30.0 Å². The molecular formula is C18H19Cl2NO. The lowest BCUT2D eigenvalue weighted by Crippen LogP contribution is -2.08. The van der Waals surface area contributed by atoms with Crippen LogP contribution in [0.5, 0.6) is 0 Å². The van der Waals surface area contributed by atoms with Crippen molar-refractivity contribution in [3.63, 3.8) is 0 Å². The largest absolute Gasteiger partial charge is 0.292 e. The van der Waals surface area contributed by atoms with Crippen molar-refractivity contribution < 1.29 is 4.79 Å². The third kappa shape index (κ3) is 5.43. The molecule has 0 radical (unpaired) electrons. The predicted octanol–water partition coefficient (Wildman–Crippen LogP) is 5.62. The van der Waals surface area contributed by atoms with Crippen molar-refractivity contribution in [2.45, 2.75) is 32.6 Å². The summed E-state index contributed by atoms with van der Waals surface area (Å²) in [5.41, 5.74) is 1.69. The van der Waals surface area contributed by atoms with Crippen LogP contribution < -0.4 is 0 Å². The maximum Gasteiger partial charge on any atom is 0.181 e. The summed E-state index contributed by atoms with van der Waals surface area (Å²) < 4.78 is 0. The number of ketones is 1. The van der Waals surface area contributed by atoms with Gasteiger partial charge in [-0.15, -0.1) is 0 Å². The number of pyridine rings is 1. The van der Waals surface area contributed by atoms with Crippen molar-refractivity contribution in [3.05, 3.63) is 63.9 Å². The molecule has 0 aliphatic heterocycles. The highest BCUT2D eigenvalue weighted by Gasteiger charge is 2.14. The first-order chi connectivity index (χ1) is 10.5. The van der Waals surface area contributed by atoms with E-state index in [2.05, 4.69) is 36.2 Å². The molecule has 1 atom stereocenters. The molecule has 1 aromatic carbocycles. The number of aryl methyl sites for hydroxylation is 1. The Morgan fingerprint density at radius 3 is 2.59 bits per heavy atom. The van der Waals surface area contributed by atoms with Gasteiger partial charge in [0.1, 0.15) is 10.8 Å². The minimum Gasteiger partial charge on any atom is -0.292 e. The van der Waals surface area contributed by atoms with Crippen LogP contribution in [-0.2, 0) is 6.42 Å². The summed E-state index contributed by atoms with van der Waals surface area (Å²) in [4.78, 5) is 16.3. The molecule has 0 amide bonds. The van der Waals surface area contributed by atoms with Gasteiger partial charge in [0, 0.05) is 11.4 Å². The Balaban J connectivity index is 1.81. The number of hydrogen-bond acceptors (Lipinski definition) is 2. The van der Waals surface area contributed by atoms with Gasteiger partial charge in [0.05, 0.1) is 0 Å². The number of rotatable bonds is 7. The van der Waals surface area contributed by atoms with Gasteiger partial charge in [0.25, 0.3) is 0 Å². The number of Topliss-reactive ketones (excluding diaryl/α,β-unsaturated/α-hetero) is 1. The van der Waals surface area contributed by atoms with Gasteiger partial charge < -0.3 is 0 Å². The maximum absolute atomic E-state index is 12.2. The average molecular weight is 336 g/mol. The SMILES string of the molecule is CC(CCCc1ccccc1)CC(=O)c1cc(Cl)cc(Cl)n1. The molecule has 2 aromatic rings. The molecule has 0 aliphatic carbocycles. The van der Waals surface area contributed by atoms with Crippen LogP contribution in [0, 0.1) is 5.92 Å². The Morgan fingerprint density at radius 2 is 1.91 bits per heavy atom. The molecule has 0 saturated heterocycles. The molecule has 1 unspecified atom stereocenters. The van der Waals surface area contributed by atoms with Crippen LogP contribution >= 0.6 is 23.2 Å². The second-order valence-electron chi connectivity index (χ2n) is 5.60. The van der Waals surface area contributed by atoms with E-state index in [0.29, 0.717) is 23.1 Å². The van der Waals surface area contributed by atoms with E-state index in [0.717, 1.165) is 19.3 Å². The minimum absolute atomic E-state index is 0.00314. The molecular weight excluding hydrogens is 317 g/mol. The van der Waals surface area contributed by atoms with Crippen LogP contribution in [0.2, 0.25) is 10.2 Å². The molecule has 0 spiro atoms. The van der Waals surface area contributed by atoms with E-state index in [1.807, 2.05) is 6.07 Å². The fourth-order valence-corrected chi connectivity index (χ4v) is 2.90. The molecule has 2 rings (SSSR count).